The molecule has 1 aliphatic carbocycles. The van der Waals surface area contributed by atoms with Crippen LogP contribution >= 0.6 is 0 Å². The molecule has 0 radical (unpaired) electrons. The molecule has 1 saturated carbocycles. The molecule has 1 fully saturated rings. The lowest BCUT2D eigenvalue weighted by molar-refractivity contribution is 0.0659. The Bertz CT molecular complexity index is 419. The Kier molecular flexibility index (Phi) is 4.07. The summed E-state index contributed by atoms with van der Waals surface area (Å²) in [6.07, 6.45) is 5.26. The molecule has 1 aromatic heterocycles. The molecule has 1 atom stereocenters. The number of furan rings is 1. The van der Waals surface area contributed by atoms with Crippen molar-refractivity contribution in [2.24, 2.45) is 5.92 Å². The van der Waals surface area contributed by atoms with Gasteiger partial charge in [0, 0.05) is 11.6 Å². The molecule has 0 aromatic carbocycles. The first kappa shape index (κ1) is 13.1. The lowest BCUT2D eigenvalue weighted by atomic mass is 10.00. The summed E-state index contributed by atoms with van der Waals surface area (Å²) in [5.74, 6) is 0.512. The smallest absolute Gasteiger partial charge is 0.372 e. The number of hydrogen-bond acceptors (Lipinski definition) is 3. The summed E-state index contributed by atoms with van der Waals surface area (Å²) in [6.45, 7) is 4.56. The van der Waals surface area contributed by atoms with Gasteiger partial charge in [0.05, 0.1) is 6.54 Å². The van der Waals surface area contributed by atoms with Crippen molar-refractivity contribution >= 4 is 5.97 Å². The van der Waals surface area contributed by atoms with Gasteiger partial charge in [-0.15, -0.1) is 0 Å². The van der Waals surface area contributed by atoms with Crippen LogP contribution in [0.4, 0.5) is 0 Å². The third-order valence-corrected chi connectivity index (χ3v) is 3.87. The van der Waals surface area contributed by atoms with Crippen molar-refractivity contribution in [1.82, 2.24) is 5.32 Å². The molecule has 0 spiro atoms. The number of carboxylic acids is 1. The van der Waals surface area contributed by atoms with Crippen molar-refractivity contribution in [2.75, 3.05) is 0 Å². The van der Waals surface area contributed by atoms with E-state index in [1.54, 1.807) is 13.0 Å². The number of aryl methyl sites for hydroxylation is 1. The van der Waals surface area contributed by atoms with Crippen LogP contribution < -0.4 is 5.32 Å². The first-order valence-corrected chi connectivity index (χ1v) is 6.64. The van der Waals surface area contributed by atoms with Crippen LogP contribution in [-0.2, 0) is 6.54 Å². The highest BCUT2D eigenvalue weighted by molar-refractivity contribution is 5.86. The van der Waals surface area contributed by atoms with Crippen LogP contribution in [0.3, 0.4) is 0 Å². The Labute approximate surface area is 107 Å². The maximum absolute atomic E-state index is 10.9. The van der Waals surface area contributed by atoms with Gasteiger partial charge in [-0.3, -0.25) is 0 Å². The van der Waals surface area contributed by atoms with Crippen LogP contribution in [-0.4, -0.2) is 17.1 Å². The number of nitrogens with one attached hydrogen (secondary N) is 1. The van der Waals surface area contributed by atoms with Gasteiger partial charge in [0.1, 0.15) is 5.76 Å². The molecular formula is C14H21NO3. The van der Waals surface area contributed by atoms with Crippen molar-refractivity contribution in [1.29, 1.82) is 0 Å². The minimum Gasteiger partial charge on any atom is -0.475 e. The average molecular weight is 251 g/mol. The van der Waals surface area contributed by atoms with Crippen LogP contribution in [0.1, 0.15) is 54.5 Å². The third-order valence-electron chi connectivity index (χ3n) is 3.87. The van der Waals surface area contributed by atoms with Crippen LogP contribution in [0.15, 0.2) is 10.5 Å². The fourth-order valence-electron chi connectivity index (χ4n) is 2.73. The molecule has 4 heteroatoms. The van der Waals surface area contributed by atoms with Crippen molar-refractivity contribution < 1.29 is 14.3 Å². The lowest BCUT2D eigenvalue weighted by Crippen LogP contribution is -2.31. The average Bonchev–Trinajstić information content (AvgIpc) is 2.94. The summed E-state index contributed by atoms with van der Waals surface area (Å²) in [7, 11) is 0. The second-order valence-electron chi connectivity index (χ2n) is 5.24. The van der Waals surface area contributed by atoms with Gasteiger partial charge in [0.25, 0.3) is 0 Å². The van der Waals surface area contributed by atoms with Crippen LogP contribution in [0.25, 0.3) is 0 Å². The molecule has 2 rings (SSSR count). The first-order chi connectivity index (χ1) is 8.58. The van der Waals surface area contributed by atoms with Crippen molar-refractivity contribution in [3.8, 4) is 0 Å². The predicted octanol–water partition coefficient (Wildman–Crippen LogP) is 2.95. The number of hydrogen-bond donors (Lipinski definition) is 2. The highest BCUT2D eigenvalue weighted by Gasteiger charge is 2.21. The minimum atomic E-state index is -0.998. The molecule has 0 aliphatic heterocycles. The van der Waals surface area contributed by atoms with Crippen LogP contribution in [0.2, 0.25) is 0 Å². The summed E-state index contributed by atoms with van der Waals surface area (Å²) in [6, 6.07) is 2.27. The van der Waals surface area contributed by atoms with Gasteiger partial charge in [0.2, 0.25) is 5.76 Å². The van der Waals surface area contributed by atoms with Crippen LogP contribution in [0, 0.1) is 12.8 Å². The molecule has 18 heavy (non-hydrogen) atoms. The maximum atomic E-state index is 10.9. The van der Waals surface area contributed by atoms with Gasteiger partial charge in [0.15, 0.2) is 0 Å². The highest BCUT2D eigenvalue weighted by Crippen LogP contribution is 2.27. The van der Waals surface area contributed by atoms with Gasteiger partial charge in [-0.25, -0.2) is 4.79 Å². The molecule has 0 bridgehead atoms. The van der Waals surface area contributed by atoms with Gasteiger partial charge in [-0.2, -0.15) is 0 Å². The quantitative estimate of drug-likeness (QED) is 0.844. The molecule has 0 unspecified atom stereocenters. The molecule has 4 nitrogen and oxygen atoms in total. The SMILES string of the molecule is Cc1cc(CN[C@H](C)C2CCCC2)oc1C(=O)O. The summed E-state index contributed by atoms with van der Waals surface area (Å²) < 4.78 is 5.33. The van der Waals surface area contributed by atoms with Gasteiger partial charge in [-0.05, 0) is 38.7 Å². The van der Waals surface area contributed by atoms with E-state index in [1.165, 1.54) is 25.7 Å². The first-order valence-electron chi connectivity index (χ1n) is 6.64. The van der Waals surface area contributed by atoms with Crippen molar-refractivity contribution in [3.63, 3.8) is 0 Å². The predicted molar refractivity (Wildman–Crippen MR) is 68.7 cm³/mol. The second kappa shape index (κ2) is 5.57. The fourth-order valence-corrected chi connectivity index (χ4v) is 2.73. The molecule has 1 heterocycles. The van der Waals surface area contributed by atoms with E-state index in [0.29, 0.717) is 23.9 Å². The van der Waals surface area contributed by atoms with E-state index >= 15 is 0 Å². The van der Waals surface area contributed by atoms with E-state index in [-0.39, 0.29) is 5.76 Å². The Hall–Kier alpha value is -1.29. The monoisotopic (exact) mass is 251 g/mol. The number of rotatable bonds is 5. The summed E-state index contributed by atoms with van der Waals surface area (Å²) in [5, 5.41) is 12.3. The lowest BCUT2D eigenvalue weighted by Gasteiger charge is -2.19. The number of aromatic carboxylic acids is 1. The Morgan fingerprint density at radius 3 is 2.78 bits per heavy atom. The Morgan fingerprint density at radius 2 is 2.22 bits per heavy atom. The second-order valence-corrected chi connectivity index (χ2v) is 5.24. The zero-order valence-corrected chi connectivity index (χ0v) is 11.0. The largest absolute Gasteiger partial charge is 0.475 e. The van der Waals surface area contributed by atoms with Crippen molar-refractivity contribution in [3.05, 3.63) is 23.2 Å². The van der Waals surface area contributed by atoms with Gasteiger partial charge < -0.3 is 14.8 Å². The zero-order chi connectivity index (χ0) is 13.1. The zero-order valence-electron chi connectivity index (χ0n) is 11.0. The van der Waals surface area contributed by atoms with E-state index in [4.69, 9.17) is 9.52 Å². The molecule has 1 aliphatic rings. The molecule has 0 saturated heterocycles. The summed E-state index contributed by atoms with van der Waals surface area (Å²) in [4.78, 5) is 10.9. The van der Waals surface area contributed by atoms with E-state index in [0.717, 1.165) is 5.92 Å². The molecule has 0 amide bonds. The van der Waals surface area contributed by atoms with E-state index in [9.17, 15) is 4.79 Å². The maximum Gasteiger partial charge on any atom is 0.372 e. The van der Waals surface area contributed by atoms with E-state index in [1.807, 2.05) is 0 Å². The summed E-state index contributed by atoms with van der Waals surface area (Å²) >= 11 is 0. The molecule has 2 N–H and O–H groups in total. The van der Waals surface area contributed by atoms with Gasteiger partial charge >= 0.3 is 5.97 Å². The minimum absolute atomic E-state index is 0.0559. The van der Waals surface area contributed by atoms with E-state index in [2.05, 4.69) is 12.2 Å². The highest BCUT2D eigenvalue weighted by atomic mass is 16.4. The molecule has 1 aromatic rings. The Balaban J connectivity index is 1.89. The topological polar surface area (TPSA) is 62.5 Å². The summed E-state index contributed by atoms with van der Waals surface area (Å²) in [5.41, 5.74) is 0.688. The normalized spacial score (nSPS) is 18.1. The van der Waals surface area contributed by atoms with Crippen molar-refractivity contribution in [2.45, 2.75) is 52.1 Å². The molecular weight excluding hydrogens is 230 g/mol. The van der Waals surface area contributed by atoms with Gasteiger partial charge in [-0.1, -0.05) is 12.8 Å². The number of carboxylic acid groups (broad SMARTS) is 1. The van der Waals surface area contributed by atoms with Crippen LogP contribution in [0.5, 0.6) is 0 Å². The Morgan fingerprint density at radius 1 is 1.56 bits per heavy atom. The number of carbonyl (C=O) groups is 1. The fraction of sp³-hybridized carbons (Fsp3) is 0.643. The molecule has 100 valence electrons. The van der Waals surface area contributed by atoms with E-state index < -0.39 is 5.97 Å². The third kappa shape index (κ3) is 2.93. The standard InChI is InChI=1S/C14H21NO3/c1-9-7-12(18-13(9)14(16)17)8-15-10(2)11-5-3-4-6-11/h7,10-11,15H,3-6,8H2,1-2H3,(H,16,17)/t10-/m1/s1.